The summed E-state index contributed by atoms with van der Waals surface area (Å²) in [6, 6.07) is 10.8. The Bertz CT molecular complexity index is 1500. The Hall–Kier alpha value is -3.42. The lowest BCUT2D eigenvalue weighted by atomic mass is 9.98. The molecule has 1 aromatic heterocycles. The molecular weight excluding hydrogens is 508 g/mol. The van der Waals surface area contributed by atoms with Crippen LogP contribution in [0.15, 0.2) is 52.4 Å². The van der Waals surface area contributed by atoms with E-state index in [-0.39, 0.29) is 35.0 Å². The molecule has 0 radical (unpaired) electrons. The third kappa shape index (κ3) is 5.22. The fraction of sp³-hybridized carbons (Fsp3) is 0.348. The van der Waals surface area contributed by atoms with Crippen LogP contribution in [-0.2, 0) is 30.9 Å². The van der Waals surface area contributed by atoms with E-state index in [2.05, 4.69) is 4.99 Å². The number of hydrogen-bond acceptors (Lipinski definition) is 8. The minimum Gasteiger partial charge on any atom is -0.468 e. The maximum atomic E-state index is 13.0. The Kier molecular flexibility index (Phi) is 7.33. The predicted octanol–water partition coefficient (Wildman–Crippen LogP) is 2.62. The first-order valence-electron chi connectivity index (χ1n) is 11.1. The number of nitrogens with zero attached hydrogens (tertiary/aromatic N) is 4. The van der Waals surface area contributed by atoms with Crippen LogP contribution >= 0.6 is 11.3 Å². The summed E-state index contributed by atoms with van der Waals surface area (Å²) >= 11 is 1.13. The fourth-order valence-corrected chi connectivity index (χ4v) is 6.48. The van der Waals surface area contributed by atoms with Crippen molar-refractivity contribution in [3.05, 3.63) is 62.9 Å². The lowest BCUT2D eigenvalue weighted by Crippen LogP contribution is -2.40. The molecule has 2 aromatic carbocycles. The van der Waals surface area contributed by atoms with Crippen molar-refractivity contribution in [2.75, 3.05) is 20.2 Å². The molecule has 1 aliphatic rings. The molecule has 1 saturated heterocycles. The second kappa shape index (κ2) is 10.3. The summed E-state index contributed by atoms with van der Waals surface area (Å²) in [6.07, 6.45) is 0.613. The van der Waals surface area contributed by atoms with Gasteiger partial charge in [0.25, 0.3) is 11.6 Å². The van der Waals surface area contributed by atoms with Crippen LogP contribution in [0.4, 0.5) is 5.69 Å². The average molecular weight is 533 g/mol. The average Bonchev–Trinajstić information content (AvgIpc) is 3.20. The smallest absolute Gasteiger partial charge is 0.325 e. The first-order valence-corrected chi connectivity index (χ1v) is 13.4. The van der Waals surface area contributed by atoms with Gasteiger partial charge in [0, 0.05) is 31.1 Å². The van der Waals surface area contributed by atoms with Crippen molar-refractivity contribution in [2.24, 2.45) is 10.9 Å². The van der Waals surface area contributed by atoms with Crippen molar-refractivity contribution < 1.29 is 27.7 Å². The molecule has 0 spiro atoms. The van der Waals surface area contributed by atoms with Crippen LogP contribution in [0.3, 0.4) is 0 Å². The van der Waals surface area contributed by atoms with Crippen molar-refractivity contribution >= 4 is 49.1 Å². The van der Waals surface area contributed by atoms with Gasteiger partial charge in [0.1, 0.15) is 6.54 Å². The summed E-state index contributed by atoms with van der Waals surface area (Å²) in [7, 11) is -2.43. The quantitative estimate of drug-likeness (QED) is 0.270. The third-order valence-corrected chi connectivity index (χ3v) is 9.03. The number of aryl methyl sites for hydroxylation is 1. The number of piperidine rings is 1. The molecular formula is C23H24N4O7S2. The van der Waals surface area contributed by atoms with Crippen LogP contribution in [-0.4, -0.2) is 54.3 Å². The number of benzene rings is 2. The monoisotopic (exact) mass is 532 g/mol. The first kappa shape index (κ1) is 25.7. The molecule has 3 aromatic rings. The number of amides is 1. The molecule has 2 heterocycles. The molecule has 0 bridgehead atoms. The molecule has 13 heteroatoms. The van der Waals surface area contributed by atoms with E-state index in [9.17, 15) is 28.1 Å². The van der Waals surface area contributed by atoms with Gasteiger partial charge in [-0.1, -0.05) is 29.0 Å². The van der Waals surface area contributed by atoms with E-state index in [0.717, 1.165) is 16.9 Å². The van der Waals surface area contributed by atoms with Gasteiger partial charge in [0.2, 0.25) is 10.0 Å². The largest absolute Gasteiger partial charge is 0.468 e. The van der Waals surface area contributed by atoms with Gasteiger partial charge in [0.05, 0.1) is 27.1 Å². The van der Waals surface area contributed by atoms with Crippen LogP contribution in [0.2, 0.25) is 0 Å². The van der Waals surface area contributed by atoms with E-state index in [4.69, 9.17) is 4.74 Å². The highest BCUT2D eigenvalue weighted by Crippen LogP contribution is 2.26. The van der Waals surface area contributed by atoms with Gasteiger partial charge in [0.15, 0.2) is 4.80 Å². The van der Waals surface area contributed by atoms with E-state index in [1.807, 2.05) is 6.92 Å². The standard InChI is InChI=1S/C23H24N4O7S2/c1-15-3-6-18(7-4-15)36(32,33)25-11-9-16(10-12-25)22(29)24-23-26(14-21(28)34-2)19-13-17(27(30)31)5-8-20(19)35-23/h3-8,13,16H,9-12,14H2,1-2H3. The maximum Gasteiger partial charge on any atom is 0.325 e. The number of fused-ring (bicyclic) bond motifs is 1. The van der Waals surface area contributed by atoms with Crippen molar-refractivity contribution in [1.29, 1.82) is 0 Å². The van der Waals surface area contributed by atoms with Crippen molar-refractivity contribution in [2.45, 2.75) is 31.2 Å². The summed E-state index contributed by atoms with van der Waals surface area (Å²) in [4.78, 5) is 40.3. The number of carbonyl (C=O) groups excluding carboxylic acids is 2. The van der Waals surface area contributed by atoms with Crippen molar-refractivity contribution in [3.8, 4) is 0 Å². The Morgan fingerprint density at radius 3 is 2.44 bits per heavy atom. The van der Waals surface area contributed by atoms with Gasteiger partial charge in [-0.3, -0.25) is 19.7 Å². The lowest BCUT2D eigenvalue weighted by molar-refractivity contribution is -0.384. The van der Waals surface area contributed by atoms with Gasteiger partial charge in [-0.25, -0.2) is 8.42 Å². The molecule has 0 aliphatic carbocycles. The molecule has 11 nitrogen and oxygen atoms in total. The second-order valence-corrected chi connectivity index (χ2v) is 11.3. The predicted molar refractivity (Wildman–Crippen MR) is 132 cm³/mol. The van der Waals surface area contributed by atoms with E-state index in [1.54, 1.807) is 30.3 Å². The highest BCUT2D eigenvalue weighted by Gasteiger charge is 2.32. The third-order valence-electron chi connectivity index (χ3n) is 6.06. The van der Waals surface area contributed by atoms with E-state index in [0.29, 0.717) is 23.1 Å². The fourth-order valence-electron chi connectivity index (χ4n) is 3.99. The van der Waals surface area contributed by atoms with Gasteiger partial charge < -0.3 is 9.30 Å². The molecule has 1 fully saturated rings. The summed E-state index contributed by atoms with van der Waals surface area (Å²) in [5, 5.41) is 11.2. The highest BCUT2D eigenvalue weighted by atomic mass is 32.2. The number of thiazole rings is 1. The normalized spacial score (nSPS) is 15.8. The van der Waals surface area contributed by atoms with Crippen LogP contribution < -0.4 is 4.80 Å². The lowest BCUT2D eigenvalue weighted by Gasteiger charge is -2.29. The molecule has 0 N–H and O–H groups in total. The molecule has 0 atom stereocenters. The molecule has 0 unspecified atom stereocenters. The Morgan fingerprint density at radius 1 is 1.17 bits per heavy atom. The summed E-state index contributed by atoms with van der Waals surface area (Å²) < 4.78 is 34.0. The number of esters is 1. The minimum absolute atomic E-state index is 0.154. The number of nitro benzene ring substituents is 1. The Labute approximate surface area is 210 Å². The first-order chi connectivity index (χ1) is 17.1. The Morgan fingerprint density at radius 2 is 1.83 bits per heavy atom. The zero-order valence-electron chi connectivity index (χ0n) is 19.6. The van der Waals surface area contributed by atoms with Gasteiger partial charge >= 0.3 is 5.97 Å². The van der Waals surface area contributed by atoms with Crippen LogP contribution in [0.5, 0.6) is 0 Å². The number of ether oxygens (including phenoxy) is 1. The van der Waals surface area contributed by atoms with Crippen molar-refractivity contribution in [3.63, 3.8) is 0 Å². The maximum absolute atomic E-state index is 13.0. The van der Waals surface area contributed by atoms with E-state index < -0.39 is 32.7 Å². The van der Waals surface area contributed by atoms with Gasteiger partial charge in [-0.15, -0.1) is 0 Å². The number of carbonyl (C=O) groups is 2. The molecule has 190 valence electrons. The number of nitro groups is 1. The number of rotatable bonds is 6. The van der Waals surface area contributed by atoms with Crippen molar-refractivity contribution in [1.82, 2.24) is 8.87 Å². The molecule has 1 aliphatic heterocycles. The van der Waals surface area contributed by atoms with Crippen LogP contribution in [0.25, 0.3) is 10.2 Å². The van der Waals surface area contributed by atoms with E-state index in [1.165, 1.54) is 28.1 Å². The number of sulfonamides is 1. The van der Waals surface area contributed by atoms with Crippen LogP contribution in [0, 0.1) is 23.0 Å². The minimum atomic E-state index is -3.66. The SMILES string of the molecule is COC(=O)Cn1c(=NC(=O)C2CCN(S(=O)(=O)c3ccc(C)cc3)CC2)sc2ccc([N+](=O)[O-])cc21. The summed E-state index contributed by atoms with van der Waals surface area (Å²) in [5.41, 5.74) is 1.20. The van der Waals surface area contributed by atoms with Crippen LogP contribution in [0.1, 0.15) is 18.4 Å². The summed E-state index contributed by atoms with van der Waals surface area (Å²) in [6.45, 7) is 1.98. The number of methoxy groups -OCH3 is 1. The Balaban J connectivity index is 1.58. The number of non-ortho nitro benzene ring substituents is 1. The number of aromatic nitrogens is 1. The topological polar surface area (TPSA) is 141 Å². The molecule has 0 saturated carbocycles. The van der Waals surface area contributed by atoms with E-state index >= 15 is 0 Å². The molecule has 4 rings (SSSR count). The zero-order valence-corrected chi connectivity index (χ0v) is 21.3. The second-order valence-electron chi connectivity index (χ2n) is 8.40. The zero-order chi connectivity index (χ0) is 26.0. The van der Waals surface area contributed by atoms with Gasteiger partial charge in [-0.05, 0) is 38.0 Å². The summed E-state index contributed by atoms with van der Waals surface area (Å²) in [5.74, 6) is -1.51. The molecule has 36 heavy (non-hydrogen) atoms. The highest BCUT2D eigenvalue weighted by molar-refractivity contribution is 7.89. The molecule has 1 amide bonds. The number of hydrogen-bond donors (Lipinski definition) is 0. The van der Waals surface area contributed by atoms with Gasteiger partial charge in [-0.2, -0.15) is 9.30 Å².